The van der Waals surface area contributed by atoms with E-state index in [2.05, 4.69) is 19.2 Å². The number of benzene rings is 4. The highest BCUT2D eigenvalue weighted by Gasteiger charge is 2.35. The van der Waals surface area contributed by atoms with Crippen molar-refractivity contribution in [2.75, 3.05) is 10.8 Å². The molecule has 252 valence electrons. The Balaban J connectivity index is 1.57. The molecule has 0 radical (unpaired) electrons. The van der Waals surface area contributed by atoms with Gasteiger partial charge in [-0.1, -0.05) is 118 Å². The van der Waals surface area contributed by atoms with Gasteiger partial charge < -0.3 is 10.2 Å². The van der Waals surface area contributed by atoms with Gasteiger partial charge in [0, 0.05) is 19.0 Å². The Morgan fingerprint density at radius 1 is 0.792 bits per heavy atom. The van der Waals surface area contributed by atoms with Crippen molar-refractivity contribution in [2.24, 2.45) is 0 Å². The molecular formula is C40H47N3O4S. The van der Waals surface area contributed by atoms with E-state index in [0.717, 1.165) is 54.4 Å². The molecule has 0 unspecified atom stereocenters. The van der Waals surface area contributed by atoms with Gasteiger partial charge in [-0.05, 0) is 72.2 Å². The second-order valence-corrected chi connectivity index (χ2v) is 14.9. The minimum Gasteiger partial charge on any atom is -0.352 e. The summed E-state index contributed by atoms with van der Waals surface area (Å²) in [7, 11) is -4.14. The fourth-order valence-corrected chi connectivity index (χ4v) is 7.78. The normalized spacial score (nSPS) is 14.3. The number of sulfonamides is 1. The van der Waals surface area contributed by atoms with E-state index >= 15 is 0 Å². The van der Waals surface area contributed by atoms with Crippen LogP contribution in [0.15, 0.2) is 114 Å². The Bertz CT molecular complexity index is 1750. The first-order valence-corrected chi connectivity index (χ1v) is 18.4. The summed E-state index contributed by atoms with van der Waals surface area (Å²) in [5, 5.41) is 3.27. The molecule has 1 saturated carbocycles. The molecule has 1 aliphatic rings. The maximum Gasteiger partial charge on any atom is 0.264 e. The van der Waals surface area contributed by atoms with Gasteiger partial charge >= 0.3 is 0 Å². The molecule has 0 saturated heterocycles. The summed E-state index contributed by atoms with van der Waals surface area (Å²) >= 11 is 0. The van der Waals surface area contributed by atoms with Gasteiger partial charge in [0.2, 0.25) is 11.8 Å². The van der Waals surface area contributed by atoms with E-state index in [9.17, 15) is 18.0 Å². The van der Waals surface area contributed by atoms with Gasteiger partial charge in [0.15, 0.2) is 0 Å². The molecule has 1 N–H and O–H groups in total. The standard InChI is InChI=1S/C40H47N3O4S/c1-30(2)33-23-25-36(26-24-33)43(48(46,47)37-21-11-6-12-22-37)29-39(44)42(28-34-18-14-13-15-31(34)3)38(27-32-16-7-4-8-17-32)40(45)41-35-19-9-5-10-20-35/h4,6-8,11-18,21-26,30,35,38H,5,9-10,19-20,27-29H2,1-3H3,(H,41,45)/t38-/m0/s1. The third kappa shape index (κ3) is 8.72. The Kier molecular flexibility index (Phi) is 11.7. The summed E-state index contributed by atoms with van der Waals surface area (Å²) in [6, 6.07) is 32.2. The molecule has 1 aliphatic carbocycles. The number of nitrogens with zero attached hydrogens (tertiary/aromatic N) is 2. The van der Waals surface area contributed by atoms with Gasteiger partial charge in [-0.3, -0.25) is 13.9 Å². The van der Waals surface area contributed by atoms with Crippen molar-refractivity contribution in [1.82, 2.24) is 10.2 Å². The maximum atomic E-state index is 14.8. The third-order valence-corrected chi connectivity index (χ3v) is 11.1. The van der Waals surface area contributed by atoms with Crippen molar-refractivity contribution in [1.29, 1.82) is 0 Å². The van der Waals surface area contributed by atoms with Crippen LogP contribution < -0.4 is 9.62 Å². The number of hydrogen-bond donors (Lipinski definition) is 1. The van der Waals surface area contributed by atoms with Gasteiger partial charge in [0.05, 0.1) is 10.6 Å². The first kappa shape index (κ1) is 34.9. The number of anilines is 1. The van der Waals surface area contributed by atoms with Gasteiger partial charge in [-0.15, -0.1) is 0 Å². The van der Waals surface area contributed by atoms with Gasteiger partial charge in [-0.2, -0.15) is 0 Å². The molecule has 4 aromatic carbocycles. The van der Waals surface area contributed by atoms with E-state index in [4.69, 9.17) is 0 Å². The lowest BCUT2D eigenvalue weighted by Gasteiger charge is -2.35. The van der Waals surface area contributed by atoms with Gasteiger partial charge in [0.1, 0.15) is 12.6 Å². The molecule has 1 atom stereocenters. The van der Waals surface area contributed by atoms with Gasteiger partial charge in [0.25, 0.3) is 10.0 Å². The Hall–Kier alpha value is -4.43. The monoisotopic (exact) mass is 665 g/mol. The second kappa shape index (κ2) is 16.1. The molecule has 0 spiro atoms. The lowest BCUT2D eigenvalue weighted by molar-refractivity contribution is -0.140. The van der Waals surface area contributed by atoms with Crippen LogP contribution in [0.2, 0.25) is 0 Å². The van der Waals surface area contributed by atoms with Crippen LogP contribution >= 0.6 is 0 Å². The van der Waals surface area contributed by atoms with Crippen molar-refractivity contribution in [3.63, 3.8) is 0 Å². The minimum absolute atomic E-state index is 0.0503. The number of hydrogen-bond acceptors (Lipinski definition) is 4. The summed E-state index contributed by atoms with van der Waals surface area (Å²) in [5.74, 6) is -0.414. The van der Waals surface area contributed by atoms with Crippen LogP contribution in [0.4, 0.5) is 5.69 Å². The summed E-state index contributed by atoms with van der Waals surface area (Å²) in [6.45, 7) is 5.82. The Morgan fingerprint density at radius 3 is 2.02 bits per heavy atom. The first-order valence-electron chi connectivity index (χ1n) is 17.0. The van der Waals surface area contributed by atoms with Crippen molar-refractivity contribution < 1.29 is 18.0 Å². The van der Waals surface area contributed by atoms with E-state index < -0.39 is 28.5 Å². The van der Waals surface area contributed by atoms with Crippen LogP contribution in [0, 0.1) is 6.92 Å². The fraction of sp³-hybridized carbons (Fsp3) is 0.350. The summed E-state index contributed by atoms with van der Waals surface area (Å²) < 4.78 is 29.7. The maximum absolute atomic E-state index is 14.8. The number of nitrogens with one attached hydrogen (secondary N) is 1. The van der Waals surface area contributed by atoms with Crippen molar-refractivity contribution in [3.8, 4) is 0 Å². The smallest absolute Gasteiger partial charge is 0.264 e. The number of aryl methyl sites for hydroxylation is 1. The Morgan fingerprint density at radius 2 is 1.40 bits per heavy atom. The molecule has 2 amide bonds. The largest absolute Gasteiger partial charge is 0.352 e. The highest BCUT2D eigenvalue weighted by atomic mass is 32.2. The SMILES string of the molecule is Cc1ccccc1CN(C(=O)CN(c1ccc(C(C)C)cc1)S(=O)(=O)c1ccccc1)[C@@H](Cc1ccccc1)C(=O)NC1CCCCC1. The zero-order valence-electron chi connectivity index (χ0n) is 28.2. The average Bonchev–Trinajstić information content (AvgIpc) is 3.10. The zero-order valence-corrected chi connectivity index (χ0v) is 29.0. The summed E-state index contributed by atoms with van der Waals surface area (Å²) in [6.07, 6.45) is 5.38. The summed E-state index contributed by atoms with van der Waals surface area (Å²) in [4.78, 5) is 30.7. The zero-order chi connectivity index (χ0) is 34.1. The molecule has 5 rings (SSSR count). The molecular weight excluding hydrogens is 619 g/mol. The average molecular weight is 666 g/mol. The molecule has 8 heteroatoms. The van der Waals surface area contributed by atoms with Gasteiger partial charge in [-0.25, -0.2) is 8.42 Å². The number of carbonyl (C=O) groups excluding carboxylic acids is 2. The first-order chi connectivity index (χ1) is 23.1. The molecule has 0 heterocycles. The molecule has 0 aromatic heterocycles. The van der Waals surface area contributed by atoms with Crippen LogP contribution in [0.5, 0.6) is 0 Å². The predicted molar refractivity (Wildman–Crippen MR) is 192 cm³/mol. The molecule has 4 aromatic rings. The van der Waals surface area contributed by atoms with Crippen LogP contribution in [0.3, 0.4) is 0 Å². The third-order valence-electron chi connectivity index (χ3n) is 9.28. The fourth-order valence-electron chi connectivity index (χ4n) is 6.34. The lowest BCUT2D eigenvalue weighted by Crippen LogP contribution is -2.55. The molecule has 48 heavy (non-hydrogen) atoms. The predicted octanol–water partition coefficient (Wildman–Crippen LogP) is 7.40. The van der Waals surface area contributed by atoms with E-state index in [1.54, 1.807) is 35.2 Å². The van der Waals surface area contributed by atoms with E-state index in [1.807, 2.05) is 73.7 Å². The molecule has 7 nitrogen and oxygen atoms in total. The topological polar surface area (TPSA) is 86.8 Å². The molecule has 0 bridgehead atoms. The van der Waals surface area contributed by atoms with E-state index in [0.29, 0.717) is 12.1 Å². The van der Waals surface area contributed by atoms with Crippen molar-refractivity contribution >= 4 is 27.5 Å². The Labute approximate surface area is 286 Å². The van der Waals surface area contributed by atoms with Crippen molar-refractivity contribution in [2.45, 2.75) is 88.7 Å². The van der Waals surface area contributed by atoms with Crippen molar-refractivity contribution in [3.05, 3.63) is 131 Å². The van der Waals surface area contributed by atoms with Crippen LogP contribution in [-0.2, 0) is 32.6 Å². The minimum atomic E-state index is -4.14. The summed E-state index contributed by atoms with van der Waals surface area (Å²) in [5.41, 5.74) is 4.25. The van der Waals surface area contributed by atoms with Crippen LogP contribution in [-0.4, -0.2) is 43.8 Å². The lowest BCUT2D eigenvalue weighted by atomic mass is 9.94. The second-order valence-electron chi connectivity index (χ2n) is 13.1. The highest BCUT2D eigenvalue weighted by Crippen LogP contribution is 2.27. The highest BCUT2D eigenvalue weighted by molar-refractivity contribution is 7.92. The number of amides is 2. The number of carbonyl (C=O) groups is 2. The van der Waals surface area contributed by atoms with E-state index in [-0.39, 0.29) is 29.3 Å². The quantitative estimate of drug-likeness (QED) is 0.161. The molecule has 0 aliphatic heterocycles. The molecule has 1 fully saturated rings. The van der Waals surface area contributed by atoms with Crippen LogP contribution in [0.25, 0.3) is 0 Å². The van der Waals surface area contributed by atoms with E-state index in [1.165, 1.54) is 16.4 Å². The van der Waals surface area contributed by atoms with Crippen LogP contribution in [0.1, 0.15) is 74.1 Å². The number of rotatable bonds is 13.